The Bertz CT molecular complexity index is 1550. The van der Waals surface area contributed by atoms with Gasteiger partial charge in [-0.25, -0.2) is 0 Å². The van der Waals surface area contributed by atoms with Gasteiger partial charge in [-0.2, -0.15) is 0 Å². The molecule has 0 bridgehead atoms. The van der Waals surface area contributed by atoms with Crippen molar-refractivity contribution in [1.29, 1.82) is 0 Å². The predicted molar refractivity (Wildman–Crippen MR) is 171 cm³/mol. The van der Waals surface area contributed by atoms with E-state index in [1.165, 1.54) is 24.8 Å². The third kappa shape index (κ3) is 6.53. The number of nitrogens with zero attached hydrogens (tertiary/aromatic N) is 1. The van der Waals surface area contributed by atoms with Gasteiger partial charge in [0.05, 0.1) is 13.7 Å². The number of rotatable bonds is 10. The average molecular weight is 585 g/mol. The summed E-state index contributed by atoms with van der Waals surface area (Å²) in [5.74, 6) is 1.73. The molecule has 1 aromatic heterocycles. The summed E-state index contributed by atoms with van der Waals surface area (Å²) in [5.41, 5.74) is 3.63. The predicted octanol–water partition coefficient (Wildman–Crippen LogP) is 7.32. The van der Waals surface area contributed by atoms with E-state index in [-0.39, 0.29) is 19.2 Å². The number of allylic oxidation sites excluding steroid dienone is 5. The molecule has 6 nitrogen and oxygen atoms in total. The highest BCUT2D eigenvalue weighted by atomic mass is 32.1. The van der Waals surface area contributed by atoms with Gasteiger partial charge >= 0.3 is 0 Å². The largest absolute Gasteiger partial charge is 0.501 e. The van der Waals surface area contributed by atoms with Crippen LogP contribution in [0.4, 0.5) is 0 Å². The molecule has 2 aliphatic heterocycles. The van der Waals surface area contributed by atoms with Gasteiger partial charge in [0.15, 0.2) is 5.78 Å². The van der Waals surface area contributed by atoms with Crippen molar-refractivity contribution in [2.24, 2.45) is 0 Å². The van der Waals surface area contributed by atoms with Crippen LogP contribution in [0.5, 0.6) is 5.75 Å². The Kier molecular flexibility index (Phi) is 8.87. The molecule has 1 unspecified atom stereocenters. The van der Waals surface area contributed by atoms with E-state index in [9.17, 15) is 9.59 Å². The molecule has 0 spiro atoms. The lowest BCUT2D eigenvalue weighted by Gasteiger charge is -2.27. The Labute approximate surface area is 253 Å². The summed E-state index contributed by atoms with van der Waals surface area (Å²) >= 11 is 1.64. The number of thiophene rings is 1. The zero-order chi connectivity index (χ0) is 28.9. The number of carbonyl (C=O) groups excluding carboxylic acids is 2. The van der Waals surface area contributed by atoms with E-state index in [1.54, 1.807) is 18.4 Å². The third-order valence-corrected chi connectivity index (χ3v) is 9.60. The Morgan fingerprint density at radius 1 is 1.07 bits per heavy atom. The van der Waals surface area contributed by atoms with Crippen LogP contribution in [0.25, 0.3) is 20.5 Å². The van der Waals surface area contributed by atoms with Gasteiger partial charge in [-0.1, -0.05) is 36.8 Å². The van der Waals surface area contributed by atoms with Crippen LogP contribution in [0.3, 0.4) is 0 Å². The van der Waals surface area contributed by atoms with E-state index >= 15 is 0 Å². The Morgan fingerprint density at radius 3 is 2.64 bits per heavy atom. The van der Waals surface area contributed by atoms with Gasteiger partial charge in [-0.15, -0.1) is 11.3 Å². The molecule has 3 heterocycles. The van der Waals surface area contributed by atoms with E-state index in [4.69, 9.17) is 9.47 Å². The molecule has 1 atom stereocenters. The van der Waals surface area contributed by atoms with E-state index in [1.807, 2.05) is 54.6 Å². The number of ether oxygens (including phenoxy) is 2. The highest BCUT2D eigenvalue weighted by Crippen LogP contribution is 2.41. The van der Waals surface area contributed by atoms with Crippen LogP contribution in [-0.2, 0) is 9.53 Å². The maximum Gasteiger partial charge on any atom is 0.220 e. The molecule has 2 aromatic carbocycles. The van der Waals surface area contributed by atoms with Crippen molar-refractivity contribution in [2.45, 2.75) is 51.0 Å². The van der Waals surface area contributed by atoms with Gasteiger partial charge in [0.2, 0.25) is 5.91 Å². The summed E-state index contributed by atoms with van der Waals surface area (Å²) < 4.78 is 12.8. The number of nitrogens with one attached hydrogen (secondary N) is 1. The SMILES string of the molecule is COC1=CC(C(=O)c2c(-c3ccc(OCCC4CCC(=O)N4)cc3)sc3ccccc23)=CC=C(CN2CCCCC2)C1.[HH]. The summed E-state index contributed by atoms with van der Waals surface area (Å²) in [6.07, 6.45) is 12.8. The molecule has 2 fully saturated rings. The van der Waals surface area contributed by atoms with Crippen LogP contribution in [0, 0.1) is 0 Å². The fourth-order valence-electron chi connectivity index (χ4n) is 6.08. The van der Waals surface area contributed by atoms with Gasteiger partial charge in [-0.3, -0.25) is 14.5 Å². The summed E-state index contributed by atoms with van der Waals surface area (Å²) in [4.78, 5) is 29.2. The molecule has 1 aliphatic carbocycles. The number of hydrogen-bond acceptors (Lipinski definition) is 6. The van der Waals surface area contributed by atoms with Crippen LogP contribution in [0.1, 0.15) is 56.7 Å². The van der Waals surface area contributed by atoms with Crippen molar-refractivity contribution in [2.75, 3.05) is 33.4 Å². The quantitative estimate of drug-likeness (QED) is 0.253. The molecule has 7 heteroatoms. The molecule has 220 valence electrons. The van der Waals surface area contributed by atoms with Crippen molar-refractivity contribution in [3.05, 3.63) is 89.2 Å². The molecule has 3 aromatic rings. The van der Waals surface area contributed by atoms with Crippen molar-refractivity contribution >= 4 is 33.1 Å². The average Bonchev–Trinajstić information content (AvgIpc) is 3.55. The summed E-state index contributed by atoms with van der Waals surface area (Å²) in [6.45, 7) is 3.72. The highest BCUT2D eigenvalue weighted by Gasteiger charge is 2.24. The lowest BCUT2D eigenvalue weighted by atomic mass is 9.97. The van der Waals surface area contributed by atoms with Crippen molar-refractivity contribution < 1.29 is 20.5 Å². The lowest BCUT2D eigenvalue weighted by molar-refractivity contribution is -0.119. The highest BCUT2D eigenvalue weighted by molar-refractivity contribution is 7.22. The molecule has 42 heavy (non-hydrogen) atoms. The van der Waals surface area contributed by atoms with Crippen LogP contribution in [-0.4, -0.2) is 56.0 Å². The summed E-state index contributed by atoms with van der Waals surface area (Å²) in [6, 6.07) is 16.3. The van der Waals surface area contributed by atoms with Gasteiger partial charge < -0.3 is 14.8 Å². The van der Waals surface area contributed by atoms with E-state index < -0.39 is 0 Å². The molecular formula is C35H40N2O4S. The van der Waals surface area contributed by atoms with Crippen LogP contribution in [0.2, 0.25) is 0 Å². The minimum atomic E-state index is 0. The second-order valence-corrected chi connectivity index (χ2v) is 12.4. The molecule has 2 saturated heterocycles. The number of carbonyl (C=O) groups is 2. The second-order valence-electron chi connectivity index (χ2n) is 11.4. The first-order valence-corrected chi connectivity index (χ1v) is 15.8. The van der Waals surface area contributed by atoms with E-state index in [0.29, 0.717) is 25.0 Å². The standard InChI is InChI=1S/C35H38N2O4S.H2/c1-40-29-21-24(23-37-18-5-2-6-19-37)9-10-26(22-29)34(39)33-30-7-3-4-8-31(30)42-35(33)25-11-14-28(15-12-25)41-20-17-27-13-16-32(38)36-27;/h3-4,7-12,14-15,22,27H,2,5-6,13,16-21,23H2,1H3,(H,36,38);1H. The number of fused-ring (bicyclic) bond motifs is 1. The van der Waals surface area contributed by atoms with E-state index in [2.05, 4.69) is 22.4 Å². The third-order valence-electron chi connectivity index (χ3n) is 8.38. The molecule has 0 saturated carbocycles. The fraction of sp³-hybridized carbons (Fsp3) is 0.371. The Hall–Kier alpha value is -3.68. The zero-order valence-electron chi connectivity index (χ0n) is 24.2. The number of benzene rings is 2. The molecule has 0 radical (unpaired) electrons. The number of piperidine rings is 1. The van der Waals surface area contributed by atoms with Crippen molar-refractivity contribution in [3.8, 4) is 16.2 Å². The smallest absolute Gasteiger partial charge is 0.220 e. The van der Waals surface area contributed by atoms with Gasteiger partial charge in [-0.05, 0) is 79.9 Å². The first-order valence-electron chi connectivity index (χ1n) is 15.0. The number of hydrogen-bond donors (Lipinski definition) is 1. The molecule has 6 rings (SSSR count). The maximum absolute atomic E-state index is 14.3. The van der Waals surface area contributed by atoms with Crippen molar-refractivity contribution in [3.63, 3.8) is 0 Å². The summed E-state index contributed by atoms with van der Waals surface area (Å²) in [7, 11) is 1.69. The van der Waals surface area contributed by atoms with Gasteiger partial charge in [0.25, 0.3) is 0 Å². The second kappa shape index (κ2) is 13.1. The number of methoxy groups -OCH3 is 1. The minimum absolute atomic E-state index is 0. The monoisotopic (exact) mass is 584 g/mol. The summed E-state index contributed by atoms with van der Waals surface area (Å²) in [5, 5.41) is 3.96. The fourth-order valence-corrected chi connectivity index (χ4v) is 7.29. The number of ketones is 1. The minimum Gasteiger partial charge on any atom is -0.501 e. The first-order chi connectivity index (χ1) is 20.6. The van der Waals surface area contributed by atoms with Crippen LogP contribution >= 0.6 is 11.3 Å². The number of Topliss-reactive ketones (excluding diaryl/α,β-unsaturated/α-hetero) is 1. The van der Waals surface area contributed by atoms with Crippen molar-refractivity contribution in [1.82, 2.24) is 10.2 Å². The Morgan fingerprint density at radius 2 is 1.88 bits per heavy atom. The van der Waals surface area contributed by atoms with Crippen LogP contribution < -0.4 is 10.1 Å². The molecule has 1 amide bonds. The van der Waals surface area contributed by atoms with Gasteiger partial charge in [0.1, 0.15) is 11.5 Å². The maximum atomic E-state index is 14.3. The number of amides is 1. The molecule has 1 N–H and O–H groups in total. The van der Waals surface area contributed by atoms with Crippen LogP contribution in [0.15, 0.2) is 83.7 Å². The first kappa shape index (κ1) is 28.4. The molecule has 3 aliphatic rings. The topological polar surface area (TPSA) is 67.9 Å². The normalized spacial score (nSPS) is 19.5. The molecular weight excluding hydrogens is 544 g/mol. The number of likely N-dealkylation sites (tertiary alicyclic amines) is 1. The van der Waals surface area contributed by atoms with Gasteiger partial charge in [0, 0.05) is 59.4 Å². The Balaban J connectivity index is 0.00000368. The van der Waals surface area contributed by atoms with E-state index in [0.717, 1.165) is 70.1 Å². The lowest BCUT2D eigenvalue weighted by Crippen LogP contribution is -2.31. The zero-order valence-corrected chi connectivity index (χ0v) is 25.0.